The molecule has 138 valence electrons. The Hall–Kier alpha value is -1.89. The molecule has 2 heterocycles. The van der Waals surface area contributed by atoms with Crippen molar-refractivity contribution < 1.29 is 14.3 Å². The van der Waals surface area contributed by atoms with Crippen LogP contribution in [0.2, 0.25) is 0 Å². The lowest BCUT2D eigenvalue weighted by molar-refractivity contribution is -0.153. The largest absolute Gasteiger partial charge is 0.467 e. The van der Waals surface area contributed by atoms with E-state index in [1.165, 1.54) is 7.11 Å². The van der Waals surface area contributed by atoms with Crippen LogP contribution in [-0.2, 0) is 21.4 Å². The molecule has 0 bridgehead atoms. The zero-order valence-corrected chi connectivity index (χ0v) is 15.2. The highest BCUT2D eigenvalue weighted by Crippen LogP contribution is 2.34. The van der Waals surface area contributed by atoms with Gasteiger partial charge in [0.2, 0.25) is 5.91 Å². The number of aryl methyl sites for hydroxylation is 1. The molecule has 7 nitrogen and oxygen atoms in total. The minimum atomic E-state index is -0.875. The number of methoxy groups -OCH3 is 1. The Morgan fingerprint density at radius 2 is 2.08 bits per heavy atom. The van der Waals surface area contributed by atoms with Gasteiger partial charge in [0, 0.05) is 32.3 Å². The molecule has 1 aliphatic heterocycles. The van der Waals surface area contributed by atoms with Gasteiger partial charge in [-0.15, -0.1) is 0 Å². The van der Waals surface area contributed by atoms with E-state index in [2.05, 4.69) is 22.7 Å². The molecule has 1 amide bonds. The molecule has 2 N–H and O–H groups in total. The third-order valence-electron chi connectivity index (χ3n) is 5.77. The number of ether oxygens (including phenoxy) is 1. The summed E-state index contributed by atoms with van der Waals surface area (Å²) in [6, 6.07) is 0. The number of rotatable bonds is 4. The molecule has 0 unspecified atom stereocenters. The van der Waals surface area contributed by atoms with Crippen LogP contribution in [-0.4, -0.2) is 47.4 Å². The molecule has 0 aromatic carbocycles. The highest BCUT2D eigenvalue weighted by molar-refractivity contribution is 5.89. The standard InChI is InChI=1S/C18H28N4O3/c1-12-4-6-18(7-5-12,17(24)25-3)21-16(23)15-10-19-9-14(15)13-8-20-22(2)11-13/h8,11-12,14-15,19H,4-7,9-10H2,1-3H3,(H,21,23)/t12?,14-,15+,18?/m1/s1. The number of aromatic nitrogens is 2. The fraction of sp³-hybridized carbons (Fsp3) is 0.722. The van der Waals surface area contributed by atoms with Crippen LogP contribution in [0.4, 0.5) is 0 Å². The van der Waals surface area contributed by atoms with Crippen molar-refractivity contribution in [1.29, 1.82) is 0 Å². The van der Waals surface area contributed by atoms with Crippen LogP contribution in [0, 0.1) is 11.8 Å². The van der Waals surface area contributed by atoms with Gasteiger partial charge in [-0.2, -0.15) is 5.10 Å². The van der Waals surface area contributed by atoms with Crippen LogP contribution >= 0.6 is 0 Å². The van der Waals surface area contributed by atoms with Crippen molar-refractivity contribution in [3.63, 3.8) is 0 Å². The van der Waals surface area contributed by atoms with E-state index in [4.69, 9.17) is 4.74 Å². The van der Waals surface area contributed by atoms with Gasteiger partial charge >= 0.3 is 5.97 Å². The topological polar surface area (TPSA) is 85.2 Å². The monoisotopic (exact) mass is 348 g/mol. The summed E-state index contributed by atoms with van der Waals surface area (Å²) in [5, 5.41) is 10.6. The second kappa shape index (κ2) is 7.15. The summed E-state index contributed by atoms with van der Waals surface area (Å²) in [5.41, 5.74) is 0.178. The highest BCUT2D eigenvalue weighted by Gasteiger charge is 2.46. The van der Waals surface area contributed by atoms with Crippen LogP contribution in [0.3, 0.4) is 0 Å². The Bertz CT molecular complexity index is 634. The predicted octanol–water partition coefficient (Wildman–Crippen LogP) is 0.961. The number of esters is 1. The molecule has 25 heavy (non-hydrogen) atoms. The van der Waals surface area contributed by atoms with E-state index in [0.717, 1.165) is 24.9 Å². The van der Waals surface area contributed by atoms with Gasteiger partial charge in [0.25, 0.3) is 0 Å². The Labute approximate surface area is 148 Å². The van der Waals surface area contributed by atoms with Gasteiger partial charge in [0.05, 0.1) is 19.2 Å². The maximum atomic E-state index is 13.0. The first-order chi connectivity index (χ1) is 11.9. The Kier molecular flexibility index (Phi) is 5.13. The molecule has 7 heteroatoms. The summed E-state index contributed by atoms with van der Waals surface area (Å²) >= 11 is 0. The predicted molar refractivity (Wildman–Crippen MR) is 92.8 cm³/mol. The van der Waals surface area contributed by atoms with Crippen LogP contribution < -0.4 is 10.6 Å². The second-order valence-corrected chi connectivity index (χ2v) is 7.56. The average molecular weight is 348 g/mol. The normalized spacial score (nSPS) is 32.4. The van der Waals surface area contributed by atoms with Crippen molar-refractivity contribution >= 4 is 11.9 Å². The quantitative estimate of drug-likeness (QED) is 0.792. The first-order valence-corrected chi connectivity index (χ1v) is 9.05. The minimum Gasteiger partial charge on any atom is -0.467 e. The minimum absolute atomic E-state index is 0.0705. The van der Waals surface area contributed by atoms with Gasteiger partial charge < -0.3 is 15.4 Å². The van der Waals surface area contributed by atoms with E-state index in [-0.39, 0.29) is 23.7 Å². The molecule has 1 aliphatic carbocycles. The highest BCUT2D eigenvalue weighted by atomic mass is 16.5. The summed E-state index contributed by atoms with van der Waals surface area (Å²) in [6.45, 7) is 3.54. The molecule has 3 rings (SSSR count). The third-order valence-corrected chi connectivity index (χ3v) is 5.77. The third kappa shape index (κ3) is 3.56. The lowest BCUT2D eigenvalue weighted by atomic mass is 9.76. The molecule has 2 aliphatic rings. The van der Waals surface area contributed by atoms with Gasteiger partial charge in [-0.05, 0) is 37.2 Å². The summed E-state index contributed by atoms with van der Waals surface area (Å²) in [6.07, 6.45) is 6.90. The molecular weight excluding hydrogens is 320 g/mol. The number of hydrogen-bond donors (Lipinski definition) is 2. The van der Waals surface area contributed by atoms with E-state index < -0.39 is 5.54 Å². The molecule has 1 aromatic heterocycles. The van der Waals surface area contributed by atoms with Crippen molar-refractivity contribution in [2.45, 2.75) is 44.1 Å². The van der Waals surface area contributed by atoms with Crippen LogP contribution in [0.15, 0.2) is 12.4 Å². The van der Waals surface area contributed by atoms with Gasteiger partial charge in [-0.1, -0.05) is 6.92 Å². The fourth-order valence-corrected chi connectivity index (χ4v) is 4.10. The van der Waals surface area contributed by atoms with E-state index in [1.54, 1.807) is 4.68 Å². The van der Waals surface area contributed by atoms with Gasteiger partial charge in [0.15, 0.2) is 0 Å². The Morgan fingerprint density at radius 3 is 2.68 bits per heavy atom. The summed E-state index contributed by atoms with van der Waals surface area (Å²) in [4.78, 5) is 25.5. The van der Waals surface area contributed by atoms with Gasteiger partial charge in [-0.25, -0.2) is 4.79 Å². The summed E-state index contributed by atoms with van der Waals surface area (Å²) in [7, 11) is 3.26. The van der Waals surface area contributed by atoms with E-state index >= 15 is 0 Å². The molecule has 2 fully saturated rings. The number of carbonyl (C=O) groups excluding carboxylic acids is 2. The van der Waals surface area contributed by atoms with Crippen LogP contribution in [0.5, 0.6) is 0 Å². The first-order valence-electron chi connectivity index (χ1n) is 9.05. The number of carbonyl (C=O) groups is 2. The second-order valence-electron chi connectivity index (χ2n) is 7.56. The average Bonchev–Trinajstić information content (AvgIpc) is 3.25. The molecular formula is C18H28N4O3. The van der Waals surface area contributed by atoms with Crippen LogP contribution in [0.25, 0.3) is 0 Å². The fourth-order valence-electron chi connectivity index (χ4n) is 4.10. The lowest BCUT2D eigenvalue weighted by Gasteiger charge is -2.38. The van der Waals surface area contributed by atoms with E-state index in [0.29, 0.717) is 25.3 Å². The van der Waals surface area contributed by atoms with Crippen molar-refractivity contribution in [3.05, 3.63) is 18.0 Å². The zero-order chi connectivity index (χ0) is 18.0. The van der Waals surface area contributed by atoms with E-state index in [1.807, 2.05) is 19.4 Å². The SMILES string of the molecule is COC(=O)C1(NC(=O)[C@H]2CNC[C@@H]2c2cnn(C)c2)CCC(C)CC1. The van der Waals surface area contributed by atoms with Crippen molar-refractivity contribution in [2.75, 3.05) is 20.2 Å². The number of hydrogen-bond acceptors (Lipinski definition) is 5. The van der Waals surface area contributed by atoms with Crippen molar-refractivity contribution in [3.8, 4) is 0 Å². The Balaban J connectivity index is 1.75. The molecule has 0 radical (unpaired) electrons. The van der Waals surface area contributed by atoms with E-state index in [9.17, 15) is 9.59 Å². The smallest absolute Gasteiger partial charge is 0.331 e. The molecule has 1 aromatic rings. The first kappa shape index (κ1) is 17.9. The maximum Gasteiger partial charge on any atom is 0.331 e. The molecule has 2 atom stereocenters. The number of amides is 1. The van der Waals surface area contributed by atoms with Gasteiger partial charge in [0.1, 0.15) is 5.54 Å². The number of nitrogens with one attached hydrogen (secondary N) is 2. The van der Waals surface area contributed by atoms with Crippen LogP contribution in [0.1, 0.15) is 44.1 Å². The maximum absolute atomic E-state index is 13.0. The number of nitrogens with zero attached hydrogens (tertiary/aromatic N) is 2. The molecule has 1 saturated carbocycles. The summed E-state index contributed by atoms with van der Waals surface area (Å²) < 4.78 is 6.78. The Morgan fingerprint density at radius 1 is 1.36 bits per heavy atom. The van der Waals surface area contributed by atoms with Crippen molar-refractivity contribution in [2.24, 2.45) is 18.9 Å². The summed E-state index contributed by atoms with van der Waals surface area (Å²) in [5.74, 6) is 0.0532. The molecule has 1 saturated heterocycles. The molecule has 0 spiro atoms. The van der Waals surface area contributed by atoms with Crippen molar-refractivity contribution in [1.82, 2.24) is 20.4 Å². The lowest BCUT2D eigenvalue weighted by Crippen LogP contribution is -2.58. The zero-order valence-electron chi connectivity index (χ0n) is 15.2. The van der Waals surface area contributed by atoms with Gasteiger partial charge in [-0.3, -0.25) is 9.48 Å².